The van der Waals surface area contributed by atoms with E-state index in [1.165, 1.54) is 4.57 Å². The summed E-state index contributed by atoms with van der Waals surface area (Å²) in [5, 5.41) is 2.80. The van der Waals surface area contributed by atoms with Gasteiger partial charge in [0.15, 0.2) is 5.16 Å². The molecular formula is C22H22ClF2N3O3S. The van der Waals surface area contributed by atoms with Crippen LogP contribution in [0.1, 0.15) is 20.3 Å². The normalized spacial score (nSPS) is 12.2. The van der Waals surface area contributed by atoms with E-state index < -0.39 is 22.8 Å². The van der Waals surface area contributed by atoms with E-state index in [0.717, 1.165) is 30.0 Å². The molecule has 0 aliphatic carbocycles. The predicted molar refractivity (Wildman–Crippen MR) is 122 cm³/mol. The molecule has 1 unspecified atom stereocenters. The highest BCUT2D eigenvalue weighted by Crippen LogP contribution is 2.25. The number of benzene rings is 2. The lowest BCUT2D eigenvalue weighted by Gasteiger charge is -2.17. The number of hydrogen-bond donors (Lipinski definition) is 1. The van der Waals surface area contributed by atoms with E-state index >= 15 is 0 Å². The van der Waals surface area contributed by atoms with Gasteiger partial charge in [-0.1, -0.05) is 23.4 Å². The molecule has 1 atom stereocenters. The van der Waals surface area contributed by atoms with Gasteiger partial charge in [-0.15, -0.1) is 0 Å². The predicted octanol–water partition coefficient (Wildman–Crippen LogP) is 4.87. The van der Waals surface area contributed by atoms with Gasteiger partial charge in [-0.2, -0.15) is 0 Å². The Bertz CT molecular complexity index is 1190. The molecule has 0 aliphatic rings. The minimum Gasteiger partial charge on any atom is -0.382 e. The minimum absolute atomic E-state index is 0.255. The van der Waals surface area contributed by atoms with Gasteiger partial charge >= 0.3 is 0 Å². The van der Waals surface area contributed by atoms with Crippen LogP contribution in [0.25, 0.3) is 10.9 Å². The fraction of sp³-hybridized carbons (Fsp3) is 0.318. The Kier molecular flexibility index (Phi) is 8.22. The number of amides is 1. The van der Waals surface area contributed by atoms with Crippen molar-refractivity contribution in [3.8, 4) is 0 Å². The van der Waals surface area contributed by atoms with Crippen molar-refractivity contribution in [1.29, 1.82) is 0 Å². The van der Waals surface area contributed by atoms with Gasteiger partial charge in [-0.05, 0) is 50.6 Å². The fourth-order valence-corrected chi connectivity index (χ4v) is 4.07. The van der Waals surface area contributed by atoms with E-state index in [9.17, 15) is 18.4 Å². The van der Waals surface area contributed by atoms with Gasteiger partial charge in [-0.25, -0.2) is 13.8 Å². The fourth-order valence-electron chi connectivity index (χ4n) is 2.97. The van der Waals surface area contributed by atoms with Crippen LogP contribution >= 0.6 is 23.4 Å². The van der Waals surface area contributed by atoms with Crippen LogP contribution in [0.4, 0.5) is 14.5 Å². The highest BCUT2D eigenvalue weighted by Gasteiger charge is 2.21. The lowest BCUT2D eigenvalue weighted by atomic mass is 10.2. The Morgan fingerprint density at radius 1 is 1.28 bits per heavy atom. The second kappa shape index (κ2) is 10.9. The maximum absolute atomic E-state index is 13.9. The first kappa shape index (κ1) is 24.2. The van der Waals surface area contributed by atoms with E-state index in [4.69, 9.17) is 16.3 Å². The molecule has 0 bridgehead atoms. The van der Waals surface area contributed by atoms with E-state index in [1.807, 2.05) is 6.92 Å². The third kappa shape index (κ3) is 5.85. The molecule has 32 heavy (non-hydrogen) atoms. The van der Waals surface area contributed by atoms with Gasteiger partial charge < -0.3 is 10.1 Å². The Morgan fingerprint density at radius 3 is 2.81 bits per heavy atom. The lowest BCUT2D eigenvalue weighted by molar-refractivity contribution is -0.115. The Morgan fingerprint density at radius 2 is 2.06 bits per heavy atom. The Hall–Kier alpha value is -2.49. The second-order valence-electron chi connectivity index (χ2n) is 6.94. The molecular weight excluding hydrogens is 460 g/mol. The first-order chi connectivity index (χ1) is 15.3. The molecule has 6 nitrogen and oxygen atoms in total. The first-order valence-corrected chi connectivity index (χ1v) is 11.3. The van der Waals surface area contributed by atoms with Crippen molar-refractivity contribution >= 4 is 45.9 Å². The summed E-state index contributed by atoms with van der Waals surface area (Å²) in [5.41, 5.74) is -0.0981. The molecule has 170 valence electrons. The average molecular weight is 482 g/mol. The van der Waals surface area contributed by atoms with Gasteiger partial charge in [0, 0.05) is 30.8 Å². The summed E-state index contributed by atoms with van der Waals surface area (Å²) in [4.78, 5) is 30.2. The van der Waals surface area contributed by atoms with Crippen LogP contribution in [0.5, 0.6) is 0 Å². The standard InChI is InChI=1S/C22H22ClF2N3O3S/c1-3-31-10-4-9-28-21(30)16-7-5-14(23)11-18(16)27-22(28)32-13(2)20(29)26-19-12-15(24)6-8-17(19)25/h5-8,11-13H,3-4,9-10H2,1-2H3,(H,26,29). The number of aromatic nitrogens is 2. The van der Waals surface area contributed by atoms with E-state index in [2.05, 4.69) is 10.3 Å². The number of halogens is 3. The number of nitrogens with zero attached hydrogens (tertiary/aromatic N) is 2. The molecule has 10 heteroatoms. The molecule has 1 heterocycles. The summed E-state index contributed by atoms with van der Waals surface area (Å²) in [5.74, 6) is -1.97. The van der Waals surface area contributed by atoms with Gasteiger partial charge in [0.1, 0.15) is 11.6 Å². The highest BCUT2D eigenvalue weighted by molar-refractivity contribution is 8.00. The topological polar surface area (TPSA) is 73.2 Å². The SMILES string of the molecule is CCOCCCn1c(SC(C)C(=O)Nc2cc(F)ccc2F)nc2cc(Cl)ccc2c1=O. The van der Waals surface area contributed by atoms with Crippen LogP contribution in [0, 0.1) is 11.6 Å². The summed E-state index contributed by atoms with van der Waals surface area (Å²) in [6, 6.07) is 7.63. The highest BCUT2D eigenvalue weighted by atomic mass is 35.5. The third-order valence-electron chi connectivity index (χ3n) is 4.59. The number of anilines is 1. The van der Waals surface area contributed by atoms with Gasteiger partial charge in [0.05, 0.1) is 21.8 Å². The lowest BCUT2D eigenvalue weighted by Crippen LogP contribution is -2.27. The summed E-state index contributed by atoms with van der Waals surface area (Å²) < 4.78 is 34.1. The van der Waals surface area contributed by atoms with Crippen LogP contribution in [-0.4, -0.2) is 33.9 Å². The number of nitrogens with one attached hydrogen (secondary N) is 1. The zero-order valence-corrected chi connectivity index (χ0v) is 19.1. The van der Waals surface area contributed by atoms with Crippen LogP contribution in [0.2, 0.25) is 5.02 Å². The monoisotopic (exact) mass is 481 g/mol. The summed E-state index contributed by atoms with van der Waals surface area (Å²) in [6.07, 6.45) is 0.581. The number of carbonyl (C=O) groups excluding carboxylic acids is 1. The molecule has 0 radical (unpaired) electrons. The van der Waals surface area contributed by atoms with Crippen LogP contribution in [0.15, 0.2) is 46.3 Å². The van der Waals surface area contributed by atoms with Crippen LogP contribution in [-0.2, 0) is 16.1 Å². The molecule has 0 aliphatic heterocycles. The van der Waals surface area contributed by atoms with Crippen molar-refractivity contribution in [2.24, 2.45) is 0 Å². The first-order valence-electron chi connectivity index (χ1n) is 10.0. The van der Waals surface area contributed by atoms with Crippen molar-refractivity contribution in [3.05, 3.63) is 63.4 Å². The number of thioether (sulfide) groups is 1. The molecule has 2 aromatic carbocycles. The minimum atomic E-state index is -0.751. The molecule has 0 saturated heterocycles. The van der Waals surface area contributed by atoms with Crippen molar-refractivity contribution in [2.75, 3.05) is 18.5 Å². The average Bonchev–Trinajstić information content (AvgIpc) is 2.75. The molecule has 1 aromatic heterocycles. The number of ether oxygens (including phenoxy) is 1. The maximum Gasteiger partial charge on any atom is 0.262 e. The molecule has 1 N–H and O–H groups in total. The van der Waals surface area contributed by atoms with E-state index in [0.29, 0.717) is 47.3 Å². The van der Waals surface area contributed by atoms with Crippen LogP contribution in [0.3, 0.4) is 0 Å². The largest absolute Gasteiger partial charge is 0.382 e. The van der Waals surface area contributed by atoms with E-state index in [-0.39, 0.29) is 11.2 Å². The molecule has 0 fully saturated rings. The van der Waals surface area contributed by atoms with Gasteiger partial charge in [0.2, 0.25) is 5.91 Å². The Balaban J connectivity index is 1.88. The number of carbonyl (C=O) groups is 1. The molecule has 0 saturated carbocycles. The molecule has 1 amide bonds. The molecule has 3 rings (SSSR count). The quantitative estimate of drug-likeness (QED) is 0.268. The third-order valence-corrected chi connectivity index (χ3v) is 5.92. The van der Waals surface area contributed by atoms with Gasteiger partial charge in [-0.3, -0.25) is 14.2 Å². The maximum atomic E-state index is 13.9. The summed E-state index contributed by atoms with van der Waals surface area (Å²) in [7, 11) is 0. The van der Waals surface area contributed by atoms with Crippen molar-refractivity contribution < 1.29 is 18.3 Å². The molecule has 0 spiro atoms. The second-order valence-corrected chi connectivity index (χ2v) is 8.68. The zero-order chi connectivity index (χ0) is 23.3. The van der Waals surface area contributed by atoms with Crippen molar-refractivity contribution in [3.63, 3.8) is 0 Å². The molecule has 3 aromatic rings. The van der Waals surface area contributed by atoms with E-state index in [1.54, 1.807) is 25.1 Å². The number of rotatable bonds is 9. The van der Waals surface area contributed by atoms with Crippen molar-refractivity contribution in [2.45, 2.75) is 37.2 Å². The number of hydrogen-bond acceptors (Lipinski definition) is 5. The number of fused-ring (bicyclic) bond motifs is 1. The van der Waals surface area contributed by atoms with Crippen molar-refractivity contribution in [1.82, 2.24) is 9.55 Å². The van der Waals surface area contributed by atoms with Crippen LogP contribution < -0.4 is 10.9 Å². The van der Waals surface area contributed by atoms with Gasteiger partial charge in [0.25, 0.3) is 5.56 Å². The summed E-state index contributed by atoms with van der Waals surface area (Å²) in [6.45, 7) is 4.87. The summed E-state index contributed by atoms with van der Waals surface area (Å²) >= 11 is 7.10. The zero-order valence-electron chi connectivity index (χ0n) is 17.5. The Labute approximate surface area is 192 Å². The smallest absolute Gasteiger partial charge is 0.262 e.